The first kappa shape index (κ1) is 16.2. The normalized spacial score (nSPS) is 17.8. The van der Waals surface area contributed by atoms with Crippen LogP contribution < -0.4 is 0 Å². The molecule has 1 aromatic carbocycles. The summed E-state index contributed by atoms with van der Waals surface area (Å²) in [5.74, 6) is -0.652. The van der Waals surface area contributed by atoms with Gasteiger partial charge in [0.15, 0.2) is 0 Å². The van der Waals surface area contributed by atoms with Crippen molar-refractivity contribution >= 4 is 17.5 Å². The topological polar surface area (TPSA) is 43.8 Å². The van der Waals surface area contributed by atoms with Gasteiger partial charge < -0.3 is 10.0 Å². The van der Waals surface area contributed by atoms with Gasteiger partial charge in [0.25, 0.3) is 5.91 Å². The van der Waals surface area contributed by atoms with E-state index >= 15 is 0 Å². The SMILES string of the molecule is CCC(CO)N1CCN(C(=O)c2ccc(F)c(Cl)c2)CC1. The minimum atomic E-state index is -0.522. The standard InChI is InChI=1S/C15H20ClFN2O2/c1-2-12(10-20)18-5-7-19(8-6-18)15(21)11-3-4-14(17)13(16)9-11/h3-4,9,12,20H,2,5-8,10H2,1H3. The van der Waals surface area contributed by atoms with Gasteiger partial charge in [0.2, 0.25) is 0 Å². The average molecular weight is 315 g/mol. The summed E-state index contributed by atoms with van der Waals surface area (Å²) in [6.07, 6.45) is 0.887. The summed E-state index contributed by atoms with van der Waals surface area (Å²) in [6.45, 7) is 4.85. The lowest BCUT2D eigenvalue weighted by molar-refractivity contribution is 0.0472. The number of carbonyl (C=O) groups excluding carboxylic acids is 1. The first-order chi connectivity index (χ1) is 10.1. The molecule has 6 heteroatoms. The van der Waals surface area contributed by atoms with Crippen molar-refractivity contribution in [2.24, 2.45) is 0 Å². The molecule has 21 heavy (non-hydrogen) atoms. The highest BCUT2D eigenvalue weighted by Gasteiger charge is 2.25. The van der Waals surface area contributed by atoms with Crippen LogP contribution >= 0.6 is 11.6 Å². The predicted octanol–water partition coefficient (Wildman–Crippen LogP) is 2.01. The molecule has 1 fully saturated rings. The quantitative estimate of drug-likeness (QED) is 0.924. The van der Waals surface area contributed by atoms with Gasteiger partial charge in [0.05, 0.1) is 11.6 Å². The first-order valence-electron chi connectivity index (χ1n) is 7.16. The summed E-state index contributed by atoms with van der Waals surface area (Å²) in [5, 5.41) is 9.28. The van der Waals surface area contributed by atoms with Crippen molar-refractivity contribution in [2.45, 2.75) is 19.4 Å². The maximum absolute atomic E-state index is 13.1. The maximum Gasteiger partial charge on any atom is 0.253 e. The van der Waals surface area contributed by atoms with Crippen LogP contribution in [0.3, 0.4) is 0 Å². The monoisotopic (exact) mass is 314 g/mol. The van der Waals surface area contributed by atoms with E-state index in [-0.39, 0.29) is 23.6 Å². The van der Waals surface area contributed by atoms with Crippen LogP contribution in [-0.2, 0) is 0 Å². The third kappa shape index (κ3) is 3.73. The van der Waals surface area contributed by atoms with E-state index in [0.717, 1.165) is 19.5 Å². The molecule has 1 aliphatic heterocycles. The van der Waals surface area contributed by atoms with E-state index in [1.807, 2.05) is 6.92 Å². The molecule has 1 amide bonds. The van der Waals surface area contributed by atoms with Gasteiger partial charge in [-0.25, -0.2) is 4.39 Å². The minimum absolute atomic E-state index is 0.0363. The smallest absolute Gasteiger partial charge is 0.253 e. The Kier molecular flexibility index (Phi) is 5.56. The third-order valence-corrected chi connectivity index (χ3v) is 4.26. The average Bonchev–Trinajstić information content (AvgIpc) is 2.51. The Labute approximate surface area is 129 Å². The van der Waals surface area contributed by atoms with Crippen LogP contribution in [0.4, 0.5) is 4.39 Å². The van der Waals surface area contributed by atoms with Crippen LogP contribution in [0.5, 0.6) is 0 Å². The first-order valence-corrected chi connectivity index (χ1v) is 7.53. The number of piperazine rings is 1. The Morgan fingerprint density at radius 2 is 2.05 bits per heavy atom. The van der Waals surface area contributed by atoms with Gasteiger partial charge in [0.1, 0.15) is 5.82 Å². The Balaban J connectivity index is 1.98. The van der Waals surface area contributed by atoms with Crippen LogP contribution in [-0.4, -0.2) is 59.6 Å². The maximum atomic E-state index is 13.1. The summed E-state index contributed by atoms with van der Waals surface area (Å²) in [4.78, 5) is 16.3. The Hall–Kier alpha value is -1.17. The summed E-state index contributed by atoms with van der Waals surface area (Å²) >= 11 is 5.72. The van der Waals surface area contributed by atoms with Gasteiger partial charge in [-0.15, -0.1) is 0 Å². The number of hydrogen-bond donors (Lipinski definition) is 1. The molecule has 1 aromatic rings. The number of nitrogens with zero attached hydrogens (tertiary/aromatic N) is 2. The van der Waals surface area contributed by atoms with Crippen molar-refractivity contribution in [2.75, 3.05) is 32.8 Å². The number of carbonyl (C=O) groups is 1. The lowest BCUT2D eigenvalue weighted by Crippen LogP contribution is -2.52. The highest BCUT2D eigenvalue weighted by atomic mass is 35.5. The largest absolute Gasteiger partial charge is 0.395 e. The van der Waals surface area contributed by atoms with Crippen LogP contribution in [0.2, 0.25) is 5.02 Å². The number of benzene rings is 1. The van der Waals surface area contributed by atoms with Gasteiger partial charge in [-0.05, 0) is 24.6 Å². The molecule has 1 aliphatic rings. The molecule has 2 rings (SSSR count). The van der Waals surface area contributed by atoms with E-state index in [1.54, 1.807) is 4.90 Å². The summed E-state index contributed by atoms with van der Waals surface area (Å²) < 4.78 is 13.1. The molecular weight excluding hydrogens is 295 g/mol. The Morgan fingerprint density at radius 1 is 1.38 bits per heavy atom. The zero-order chi connectivity index (χ0) is 15.4. The zero-order valence-electron chi connectivity index (χ0n) is 12.1. The highest BCUT2D eigenvalue weighted by molar-refractivity contribution is 6.31. The van der Waals surface area contributed by atoms with E-state index in [0.29, 0.717) is 18.7 Å². The molecule has 1 heterocycles. The van der Waals surface area contributed by atoms with E-state index < -0.39 is 5.82 Å². The molecule has 0 aromatic heterocycles. The van der Waals surface area contributed by atoms with E-state index in [9.17, 15) is 14.3 Å². The number of amides is 1. The van der Waals surface area contributed by atoms with Gasteiger partial charge >= 0.3 is 0 Å². The molecule has 0 bridgehead atoms. The summed E-state index contributed by atoms with van der Waals surface area (Å²) in [7, 11) is 0. The molecule has 1 atom stereocenters. The Bertz CT molecular complexity index is 500. The van der Waals surface area contributed by atoms with E-state index in [2.05, 4.69) is 4.90 Å². The summed E-state index contributed by atoms with van der Waals surface area (Å²) in [6, 6.07) is 4.19. The van der Waals surface area contributed by atoms with Crippen molar-refractivity contribution in [1.29, 1.82) is 0 Å². The molecule has 4 nitrogen and oxygen atoms in total. The number of aliphatic hydroxyl groups is 1. The lowest BCUT2D eigenvalue weighted by Gasteiger charge is -2.38. The van der Waals surface area contributed by atoms with Crippen LogP contribution in [0, 0.1) is 5.82 Å². The number of hydrogen-bond acceptors (Lipinski definition) is 3. The van der Waals surface area contributed by atoms with Gasteiger partial charge in [0, 0.05) is 37.8 Å². The minimum Gasteiger partial charge on any atom is -0.395 e. The molecule has 116 valence electrons. The van der Waals surface area contributed by atoms with Gasteiger partial charge in [-0.2, -0.15) is 0 Å². The van der Waals surface area contributed by atoms with Crippen LogP contribution in [0.15, 0.2) is 18.2 Å². The van der Waals surface area contributed by atoms with Crippen molar-refractivity contribution in [3.8, 4) is 0 Å². The molecule has 0 aliphatic carbocycles. The zero-order valence-corrected chi connectivity index (χ0v) is 12.8. The number of aliphatic hydroxyl groups excluding tert-OH is 1. The molecular formula is C15H20ClFN2O2. The molecule has 0 saturated carbocycles. The van der Waals surface area contributed by atoms with Crippen LogP contribution in [0.1, 0.15) is 23.7 Å². The van der Waals surface area contributed by atoms with Gasteiger partial charge in [-0.1, -0.05) is 18.5 Å². The Morgan fingerprint density at radius 3 is 2.57 bits per heavy atom. The second-order valence-corrected chi connectivity index (χ2v) is 5.61. The van der Waals surface area contributed by atoms with Gasteiger partial charge in [-0.3, -0.25) is 9.69 Å². The third-order valence-electron chi connectivity index (χ3n) is 3.97. The number of rotatable bonds is 4. The fraction of sp³-hybridized carbons (Fsp3) is 0.533. The summed E-state index contributed by atoms with van der Waals surface area (Å²) in [5.41, 5.74) is 0.407. The fourth-order valence-corrected chi connectivity index (χ4v) is 2.79. The number of halogens is 2. The molecule has 0 spiro atoms. The fourth-order valence-electron chi connectivity index (χ4n) is 2.60. The predicted molar refractivity (Wildman–Crippen MR) is 80.1 cm³/mol. The van der Waals surface area contributed by atoms with Crippen molar-refractivity contribution in [1.82, 2.24) is 9.80 Å². The molecule has 0 radical (unpaired) electrons. The van der Waals surface area contributed by atoms with Crippen molar-refractivity contribution in [3.05, 3.63) is 34.6 Å². The highest BCUT2D eigenvalue weighted by Crippen LogP contribution is 2.18. The molecule has 1 unspecified atom stereocenters. The van der Waals surface area contributed by atoms with Crippen molar-refractivity contribution in [3.63, 3.8) is 0 Å². The molecule has 1 N–H and O–H groups in total. The lowest BCUT2D eigenvalue weighted by atomic mass is 10.1. The van der Waals surface area contributed by atoms with Crippen LogP contribution in [0.25, 0.3) is 0 Å². The second-order valence-electron chi connectivity index (χ2n) is 5.20. The van der Waals surface area contributed by atoms with E-state index in [4.69, 9.17) is 11.6 Å². The second kappa shape index (κ2) is 7.20. The van der Waals surface area contributed by atoms with Crippen molar-refractivity contribution < 1.29 is 14.3 Å². The molecule has 1 saturated heterocycles. The van der Waals surface area contributed by atoms with E-state index in [1.165, 1.54) is 18.2 Å².